The van der Waals surface area contributed by atoms with Crippen molar-refractivity contribution in [3.8, 4) is 0 Å². The van der Waals surface area contributed by atoms with E-state index in [2.05, 4.69) is 31.1 Å². The summed E-state index contributed by atoms with van der Waals surface area (Å²) >= 11 is 0. The van der Waals surface area contributed by atoms with Crippen LogP contribution in [-0.4, -0.2) is 37.1 Å². The van der Waals surface area contributed by atoms with Crippen LogP contribution >= 0.6 is 0 Å². The molecule has 0 aliphatic carbocycles. The third kappa shape index (κ3) is 3.65. The number of hydrogen-bond donors (Lipinski definition) is 1. The van der Waals surface area contributed by atoms with Crippen molar-refractivity contribution in [1.29, 1.82) is 0 Å². The van der Waals surface area contributed by atoms with Gasteiger partial charge >= 0.3 is 0 Å². The number of likely N-dealkylation sites (tertiary alicyclic amines) is 1. The fourth-order valence-corrected chi connectivity index (χ4v) is 2.02. The molecule has 1 aliphatic rings. The lowest BCUT2D eigenvalue weighted by Gasteiger charge is -2.13. The van der Waals surface area contributed by atoms with Gasteiger partial charge in [0.1, 0.15) is 0 Å². The molecule has 0 amide bonds. The molecule has 1 fully saturated rings. The molecular weight excluding hydrogens is 160 g/mol. The number of nitrogens with one attached hydrogen (secondary N) is 1. The predicted molar refractivity (Wildman–Crippen MR) is 58.0 cm³/mol. The van der Waals surface area contributed by atoms with Gasteiger partial charge in [-0.1, -0.05) is 19.8 Å². The summed E-state index contributed by atoms with van der Waals surface area (Å²) in [4.78, 5) is 2.44. The summed E-state index contributed by atoms with van der Waals surface area (Å²) < 4.78 is 0. The highest BCUT2D eigenvalue weighted by atomic mass is 15.2. The largest absolute Gasteiger partial charge is 0.313 e. The lowest BCUT2D eigenvalue weighted by Crippen LogP contribution is -2.32. The third-order valence-corrected chi connectivity index (χ3v) is 3.10. The number of hydrogen-bond acceptors (Lipinski definition) is 2. The molecule has 2 heteroatoms. The van der Waals surface area contributed by atoms with Gasteiger partial charge in [-0.15, -0.1) is 0 Å². The molecule has 2 unspecified atom stereocenters. The molecule has 1 N–H and O–H groups in total. The number of nitrogens with zero attached hydrogens (tertiary/aromatic N) is 1. The lowest BCUT2D eigenvalue weighted by atomic mass is 10.2. The minimum Gasteiger partial charge on any atom is -0.313 e. The van der Waals surface area contributed by atoms with Crippen LogP contribution in [0.3, 0.4) is 0 Å². The molecule has 0 radical (unpaired) electrons. The van der Waals surface area contributed by atoms with E-state index in [0.29, 0.717) is 0 Å². The first-order valence-electron chi connectivity index (χ1n) is 5.67. The Labute approximate surface area is 82.7 Å². The first kappa shape index (κ1) is 11.0. The molecule has 1 rings (SSSR count). The SMILES string of the molecule is CCCCCNC1CC(C)N(C)C1. The van der Waals surface area contributed by atoms with E-state index < -0.39 is 0 Å². The first-order chi connectivity index (χ1) is 6.24. The van der Waals surface area contributed by atoms with Crippen LogP contribution < -0.4 is 5.32 Å². The molecule has 78 valence electrons. The summed E-state index contributed by atoms with van der Waals surface area (Å²) in [6.07, 6.45) is 5.35. The van der Waals surface area contributed by atoms with E-state index in [-0.39, 0.29) is 0 Å². The van der Waals surface area contributed by atoms with Crippen LogP contribution in [0.2, 0.25) is 0 Å². The van der Waals surface area contributed by atoms with Crippen molar-refractivity contribution in [1.82, 2.24) is 10.2 Å². The van der Waals surface area contributed by atoms with Gasteiger partial charge in [0, 0.05) is 18.6 Å². The summed E-state index contributed by atoms with van der Waals surface area (Å²) in [7, 11) is 2.22. The zero-order valence-electron chi connectivity index (χ0n) is 9.34. The second-order valence-electron chi connectivity index (χ2n) is 4.38. The number of unbranched alkanes of at least 4 members (excludes halogenated alkanes) is 2. The smallest absolute Gasteiger partial charge is 0.0209 e. The molecule has 2 nitrogen and oxygen atoms in total. The highest BCUT2D eigenvalue weighted by Gasteiger charge is 2.24. The second kappa shape index (κ2) is 5.61. The maximum atomic E-state index is 3.64. The molecule has 2 atom stereocenters. The molecule has 0 aromatic carbocycles. The van der Waals surface area contributed by atoms with Crippen LogP contribution in [0.15, 0.2) is 0 Å². The molecule has 1 saturated heterocycles. The van der Waals surface area contributed by atoms with Crippen molar-refractivity contribution in [3.63, 3.8) is 0 Å². The lowest BCUT2D eigenvalue weighted by molar-refractivity contribution is 0.326. The van der Waals surface area contributed by atoms with Gasteiger partial charge in [0.05, 0.1) is 0 Å². The van der Waals surface area contributed by atoms with Crippen molar-refractivity contribution in [2.24, 2.45) is 0 Å². The van der Waals surface area contributed by atoms with E-state index in [1.54, 1.807) is 0 Å². The van der Waals surface area contributed by atoms with Crippen LogP contribution in [0.25, 0.3) is 0 Å². The maximum absolute atomic E-state index is 3.64. The Morgan fingerprint density at radius 2 is 2.15 bits per heavy atom. The van der Waals surface area contributed by atoms with E-state index in [1.807, 2.05) is 0 Å². The average molecular weight is 184 g/mol. The highest BCUT2D eigenvalue weighted by Crippen LogP contribution is 2.14. The quantitative estimate of drug-likeness (QED) is 0.656. The number of likely N-dealkylation sites (N-methyl/N-ethyl adjacent to an activating group) is 1. The summed E-state index contributed by atoms with van der Waals surface area (Å²) in [6, 6.07) is 1.51. The maximum Gasteiger partial charge on any atom is 0.0209 e. The monoisotopic (exact) mass is 184 g/mol. The van der Waals surface area contributed by atoms with E-state index in [4.69, 9.17) is 0 Å². The summed E-state index contributed by atoms with van der Waals surface area (Å²) in [6.45, 7) is 7.01. The van der Waals surface area contributed by atoms with Gasteiger partial charge in [0.25, 0.3) is 0 Å². The van der Waals surface area contributed by atoms with Gasteiger partial charge in [-0.2, -0.15) is 0 Å². The summed E-state index contributed by atoms with van der Waals surface area (Å²) in [5, 5.41) is 3.64. The minimum atomic E-state index is 0.747. The molecule has 0 bridgehead atoms. The van der Waals surface area contributed by atoms with Gasteiger partial charge in [-0.3, -0.25) is 0 Å². The Balaban J connectivity index is 2.03. The van der Waals surface area contributed by atoms with Gasteiger partial charge in [0.2, 0.25) is 0 Å². The summed E-state index contributed by atoms with van der Waals surface area (Å²) in [5.74, 6) is 0. The van der Waals surface area contributed by atoms with Crippen molar-refractivity contribution < 1.29 is 0 Å². The molecule has 1 heterocycles. The van der Waals surface area contributed by atoms with Gasteiger partial charge in [-0.05, 0) is 33.4 Å². The second-order valence-corrected chi connectivity index (χ2v) is 4.38. The Kier molecular flexibility index (Phi) is 4.74. The van der Waals surface area contributed by atoms with E-state index in [1.165, 1.54) is 38.8 Å². The Morgan fingerprint density at radius 1 is 1.38 bits per heavy atom. The molecule has 0 aromatic heterocycles. The van der Waals surface area contributed by atoms with Crippen LogP contribution in [0, 0.1) is 0 Å². The Morgan fingerprint density at radius 3 is 2.69 bits per heavy atom. The van der Waals surface area contributed by atoms with Crippen molar-refractivity contribution >= 4 is 0 Å². The zero-order chi connectivity index (χ0) is 9.68. The van der Waals surface area contributed by atoms with Crippen LogP contribution in [0.5, 0.6) is 0 Å². The van der Waals surface area contributed by atoms with E-state index in [0.717, 1.165) is 12.1 Å². The van der Waals surface area contributed by atoms with E-state index in [9.17, 15) is 0 Å². The van der Waals surface area contributed by atoms with Gasteiger partial charge < -0.3 is 10.2 Å². The molecular formula is C11H24N2. The third-order valence-electron chi connectivity index (χ3n) is 3.10. The summed E-state index contributed by atoms with van der Waals surface area (Å²) in [5.41, 5.74) is 0. The number of rotatable bonds is 5. The van der Waals surface area contributed by atoms with Gasteiger partial charge in [0.15, 0.2) is 0 Å². The highest BCUT2D eigenvalue weighted by molar-refractivity contribution is 4.84. The van der Waals surface area contributed by atoms with Crippen molar-refractivity contribution in [2.45, 2.75) is 51.6 Å². The van der Waals surface area contributed by atoms with Crippen LogP contribution in [-0.2, 0) is 0 Å². The topological polar surface area (TPSA) is 15.3 Å². The van der Waals surface area contributed by atoms with Crippen molar-refractivity contribution in [3.05, 3.63) is 0 Å². The zero-order valence-corrected chi connectivity index (χ0v) is 9.34. The standard InChI is InChI=1S/C11H24N2/c1-4-5-6-7-12-11-8-10(2)13(3)9-11/h10-12H,4-9H2,1-3H3. The van der Waals surface area contributed by atoms with Crippen LogP contribution in [0.4, 0.5) is 0 Å². The minimum absolute atomic E-state index is 0.747. The first-order valence-corrected chi connectivity index (χ1v) is 5.67. The average Bonchev–Trinajstić information content (AvgIpc) is 2.41. The normalized spacial score (nSPS) is 29.8. The molecule has 0 saturated carbocycles. The fraction of sp³-hybridized carbons (Fsp3) is 1.00. The Bertz CT molecular complexity index is 126. The Hall–Kier alpha value is -0.0800. The van der Waals surface area contributed by atoms with E-state index >= 15 is 0 Å². The fourth-order valence-electron chi connectivity index (χ4n) is 2.02. The molecule has 1 aliphatic heterocycles. The predicted octanol–water partition coefficient (Wildman–Crippen LogP) is 1.86. The molecule has 13 heavy (non-hydrogen) atoms. The van der Waals surface area contributed by atoms with Crippen LogP contribution in [0.1, 0.15) is 39.5 Å². The molecule has 0 spiro atoms. The van der Waals surface area contributed by atoms with Gasteiger partial charge in [-0.25, -0.2) is 0 Å². The molecule has 0 aromatic rings. The van der Waals surface area contributed by atoms with Crippen molar-refractivity contribution in [2.75, 3.05) is 20.1 Å².